The van der Waals surface area contributed by atoms with Crippen LogP contribution in [0.3, 0.4) is 0 Å². The van der Waals surface area contributed by atoms with E-state index in [9.17, 15) is 13.5 Å². The van der Waals surface area contributed by atoms with Crippen LogP contribution >= 0.6 is 23.4 Å². The molecule has 0 aliphatic heterocycles. The smallest absolute Gasteiger partial charge is 0.240 e. The number of sulfonamides is 1. The molecule has 0 fully saturated rings. The van der Waals surface area contributed by atoms with E-state index in [1.165, 1.54) is 23.9 Å². The Labute approximate surface area is 117 Å². The van der Waals surface area contributed by atoms with E-state index in [2.05, 4.69) is 4.72 Å². The van der Waals surface area contributed by atoms with Crippen LogP contribution in [0.1, 0.15) is 6.92 Å². The second-order valence-corrected chi connectivity index (χ2v) is 7.28. The predicted octanol–water partition coefficient (Wildman–Crippen LogP) is 1.73. The van der Waals surface area contributed by atoms with Gasteiger partial charge in [0.05, 0.1) is 10.5 Å². The number of hydrogen-bond donors (Lipinski definition) is 2. The number of hydrogen-bond acceptors (Lipinski definition) is 4. The van der Waals surface area contributed by atoms with Gasteiger partial charge in [-0.2, -0.15) is 11.8 Å². The molecule has 4 nitrogen and oxygen atoms in total. The Morgan fingerprint density at radius 3 is 2.72 bits per heavy atom. The highest BCUT2D eigenvalue weighted by Crippen LogP contribution is 2.16. The van der Waals surface area contributed by atoms with Crippen LogP contribution in [0.4, 0.5) is 0 Å². The maximum atomic E-state index is 11.9. The van der Waals surface area contributed by atoms with Gasteiger partial charge in [0.2, 0.25) is 10.0 Å². The molecule has 1 atom stereocenters. The second-order valence-electron chi connectivity index (χ2n) is 4.21. The van der Waals surface area contributed by atoms with Crippen molar-refractivity contribution in [2.24, 2.45) is 0 Å². The molecule has 0 amide bonds. The monoisotopic (exact) mass is 309 g/mol. The highest BCUT2D eigenvalue weighted by molar-refractivity contribution is 7.98. The minimum absolute atomic E-state index is 0.0390. The van der Waals surface area contributed by atoms with Crippen molar-refractivity contribution in [3.8, 4) is 0 Å². The van der Waals surface area contributed by atoms with Crippen LogP contribution in [-0.4, -0.2) is 37.7 Å². The third kappa shape index (κ3) is 4.78. The van der Waals surface area contributed by atoms with Crippen molar-refractivity contribution >= 4 is 33.4 Å². The van der Waals surface area contributed by atoms with Crippen molar-refractivity contribution in [3.05, 3.63) is 29.3 Å². The molecule has 0 aliphatic rings. The molecular weight excluding hydrogens is 294 g/mol. The van der Waals surface area contributed by atoms with Crippen molar-refractivity contribution < 1.29 is 13.5 Å². The largest absolute Gasteiger partial charge is 0.388 e. The molecule has 0 spiro atoms. The maximum absolute atomic E-state index is 11.9. The van der Waals surface area contributed by atoms with Crippen LogP contribution in [0.15, 0.2) is 29.2 Å². The lowest BCUT2D eigenvalue weighted by Crippen LogP contribution is -2.42. The van der Waals surface area contributed by atoms with Crippen LogP contribution in [-0.2, 0) is 10.0 Å². The Bertz CT molecular complexity index is 503. The molecule has 102 valence electrons. The highest BCUT2D eigenvalue weighted by Gasteiger charge is 2.23. The van der Waals surface area contributed by atoms with Gasteiger partial charge in [-0.3, -0.25) is 0 Å². The van der Waals surface area contributed by atoms with Gasteiger partial charge in [-0.25, -0.2) is 13.1 Å². The number of nitrogens with one attached hydrogen (secondary N) is 1. The number of halogens is 1. The third-order valence-electron chi connectivity index (χ3n) is 2.20. The average molecular weight is 310 g/mol. The van der Waals surface area contributed by atoms with Crippen molar-refractivity contribution in [1.29, 1.82) is 0 Å². The minimum Gasteiger partial charge on any atom is -0.388 e. The molecule has 1 aromatic carbocycles. The van der Waals surface area contributed by atoms with Gasteiger partial charge in [-0.1, -0.05) is 17.7 Å². The van der Waals surface area contributed by atoms with E-state index in [4.69, 9.17) is 11.6 Å². The van der Waals surface area contributed by atoms with Gasteiger partial charge < -0.3 is 5.11 Å². The predicted molar refractivity (Wildman–Crippen MR) is 75.6 cm³/mol. The molecule has 0 saturated carbocycles. The van der Waals surface area contributed by atoms with Crippen LogP contribution in [0.2, 0.25) is 5.02 Å². The first-order valence-electron chi connectivity index (χ1n) is 5.23. The molecule has 18 heavy (non-hydrogen) atoms. The van der Waals surface area contributed by atoms with E-state index in [0.717, 1.165) is 0 Å². The van der Waals surface area contributed by atoms with Crippen LogP contribution < -0.4 is 4.72 Å². The standard InChI is InChI=1S/C11H16ClNO3S2/c1-11(14,8-17-2)7-13-18(15,16)10-5-3-4-9(12)6-10/h3-6,13-14H,7-8H2,1-2H3/t11-/m0/s1. The van der Waals surface area contributed by atoms with E-state index in [1.807, 2.05) is 6.26 Å². The molecule has 0 aromatic heterocycles. The Kier molecular flexibility index (Phi) is 5.48. The molecule has 0 saturated heterocycles. The summed E-state index contributed by atoms with van der Waals surface area (Å²) in [5, 5.41) is 10.3. The molecule has 0 radical (unpaired) electrons. The van der Waals surface area contributed by atoms with Gasteiger partial charge in [0, 0.05) is 17.3 Å². The first-order valence-corrected chi connectivity index (χ1v) is 8.49. The molecule has 0 bridgehead atoms. The van der Waals surface area contributed by atoms with Crippen LogP contribution in [0, 0.1) is 0 Å². The van der Waals surface area contributed by atoms with Crippen LogP contribution in [0.25, 0.3) is 0 Å². The Hall–Kier alpha value is -0.270. The number of aliphatic hydroxyl groups is 1. The minimum atomic E-state index is -3.64. The Morgan fingerprint density at radius 2 is 2.17 bits per heavy atom. The zero-order valence-electron chi connectivity index (χ0n) is 10.2. The highest BCUT2D eigenvalue weighted by atomic mass is 35.5. The van der Waals surface area contributed by atoms with Crippen molar-refractivity contribution in [1.82, 2.24) is 4.72 Å². The summed E-state index contributed by atoms with van der Waals surface area (Å²) in [6.07, 6.45) is 1.85. The number of benzene rings is 1. The van der Waals surface area contributed by atoms with Gasteiger partial charge >= 0.3 is 0 Å². The summed E-state index contributed by atoms with van der Waals surface area (Å²) in [5.41, 5.74) is -1.08. The Balaban J connectivity index is 2.78. The first-order chi connectivity index (χ1) is 8.27. The normalized spacial score (nSPS) is 15.3. The third-order valence-corrected chi connectivity index (χ3v) is 4.75. The lowest BCUT2D eigenvalue weighted by atomic mass is 10.1. The molecule has 0 unspecified atom stereocenters. The fourth-order valence-electron chi connectivity index (χ4n) is 1.33. The lowest BCUT2D eigenvalue weighted by Gasteiger charge is -2.22. The van der Waals surface area contributed by atoms with E-state index in [1.54, 1.807) is 19.1 Å². The zero-order chi connectivity index (χ0) is 13.8. The van der Waals surface area contributed by atoms with E-state index in [0.29, 0.717) is 10.8 Å². The summed E-state index contributed by atoms with van der Waals surface area (Å²) in [4.78, 5) is 0.0925. The topological polar surface area (TPSA) is 66.4 Å². The molecule has 7 heteroatoms. The first kappa shape index (κ1) is 15.8. The molecule has 0 aliphatic carbocycles. The van der Waals surface area contributed by atoms with Crippen molar-refractivity contribution in [3.63, 3.8) is 0 Å². The van der Waals surface area contributed by atoms with E-state index < -0.39 is 15.6 Å². The SMILES string of the molecule is CSC[C@@](C)(O)CNS(=O)(=O)c1cccc(Cl)c1. The fraction of sp³-hybridized carbons (Fsp3) is 0.455. The average Bonchev–Trinajstić information content (AvgIpc) is 2.27. The summed E-state index contributed by atoms with van der Waals surface area (Å²) in [7, 11) is -3.64. The van der Waals surface area contributed by atoms with Crippen molar-refractivity contribution in [2.75, 3.05) is 18.6 Å². The van der Waals surface area contributed by atoms with Gasteiger partial charge in [0.25, 0.3) is 0 Å². The van der Waals surface area contributed by atoms with E-state index >= 15 is 0 Å². The summed E-state index contributed by atoms with van der Waals surface area (Å²) in [6, 6.07) is 5.99. The molecule has 1 aromatic rings. The van der Waals surface area contributed by atoms with E-state index in [-0.39, 0.29) is 11.4 Å². The number of rotatable bonds is 6. The quantitative estimate of drug-likeness (QED) is 0.840. The lowest BCUT2D eigenvalue weighted by molar-refractivity contribution is 0.0908. The number of thioether (sulfide) groups is 1. The summed E-state index contributed by atoms with van der Waals surface area (Å²) < 4.78 is 26.3. The van der Waals surface area contributed by atoms with Crippen molar-refractivity contribution in [2.45, 2.75) is 17.4 Å². The molecule has 0 heterocycles. The summed E-state index contributed by atoms with van der Waals surface area (Å²) >= 11 is 7.20. The van der Waals surface area contributed by atoms with Gasteiger partial charge in [-0.05, 0) is 31.4 Å². The summed E-state index contributed by atoms with van der Waals surface area (Å²) in [5.74, 6) is 0.449. The van der Waals surface area contributed by atoms with Gasteiger partial charge in [0.15, 0.2) is 0 Å². The zero-order valence-corrected chi connectivity index (χ0v) is 12.6. The summed E-state index contributed by atoms with van der Waals surface area (Å²) in [6.45, 7) is 1.55. The fourth-order valence-corrected chi connectivity index (χ4v) is 3.52. The molecule has 2 N–H and O–H groups in total. The van der Waals surface area contributed by atoms with Gasteiger partial charge in [-0.15, -0.1) is 0 Å². The molecule has 1 rings (SSSR count). The Morgan fingerprint density at radius 1 is 1.50 bits per heavy atom. The maximum Gasteiger partial charge on any atom is 0.240 e. The molecular formula is C11H16ClNO3S2. The van der Waals surface area contributed by atoms with Gasteiger partial charge in [0.1, 0.15) is 0 Å². The van der Waals surface area contributed by atoms with Crippen LogP contribution in [0.5, 0.6) is 0 Å². The second kappa shape index (κ2) is 6.25.